The highest BCUT2D eigenvalue weighted by atomic mass is 32.2. The monoisotopic (exact) mass is 434 g/mol. The zero-order valence-electron chi connectivity index (χ0n) is 17.7. The lowest BCUT2D eigenvalue weighted by Gasteiger charge is -2.18. The molecular weight excluding hydrogens is 412 g/mol. The maximum atomic E-state index is 12.8. The Morgan fingerprint density at radius 2 is 1.77 bits per heavy atom. The van der Waals surface area contributed by atoms with Crippen molar-refractivity contribution in [3.05, 3.63) is 70.4 Å². The highest BCUT2D eigenvalue weighted by Gasteiger charge is 2.41. The van der Waals surface area contributed by atoms with Crippen LogP contribution in [0.3, 0.4) is 0 Å². The molecule has 0 aliphatic carbocycles. The minimum absolute atomic E-state index is 0.291. The first-order chi connectivity index (χ1) is 14.8. The number of imide groups is 1. The van der Waals surface area contributed by atoms with Crippen LogP contribution in [-0.2, 0) is 14.3 Å². The predicted molar refractivity (Wildman–Crippen MR) is 122 cm³/mol. The zero-order valence-corrected chi connectivity index (χ0v) is 18.5. The van der Waals surface area contributed by atoms with Gasteiger partial charge in [0.25, 0.3) is 11.1 Å². The van der Waals surface area contributed by atoms with Crippen molar-refractivity contribution in [2.45, 2.75) is 26.8 Å². The maximum Gasteiger partial charge on any atom is 0.328 e. The number of carbonyl (C=O) groups is 3. The molecule has 6 nitrogen and oxygen atoms in total. The molecule has 2 aromatic carbocycles. The molecule has 1 aromatic heterocycles. The summed E-state index contributed by atoms with van der Waals surface area (Å²) in [5.41, 5.74) is 3.85. The molecule has 0 radical (unpaired) electrons. The van der Waals surface area contributed by atoms with E-state index >= 15 is 0 Å². The number of aromatic nitrogens is 1. The first-order valence-corrected chi connectivity index (χ1v) is 10.7. The van der Waals surface area contributed by atoms with Crippen molar-refractivity contribution in [3.63, 3.8) is 0 Å². The molecule has 3 aromatic rings. The minimum Gasteiger partial charge on any atom is -0.467 e. The number of esters is 1. The Bertz CT molecular complexity index is 1260. The van der Waals surface area contributed by atoms with Gasteiger partial charge in [0, 0.05) is 17.1 Å². The zero-order chi connectivity index (χ0) is 22.3. The van der Waals surface area contributed by atoms with Crippen LogP contribution in [-0.4, -0.2) is 39.7 Å². The number of thioether (sulfide) groups is 1. The third-order valence-electron chi connectivity index (χ3n) is 5.50. The summed E-state index contributed by atoms with van der Waals surface area (Å²) in [4.78, 5) is 38.2. The van der Waals surface area contributed by atoms with Gasteiger partial charge in [0.15, 0.2) is 0 Å². The highest BCUT2D eigenvalue weighted by molar-refractivity contribution is 8.18. The Labute approximate surface area is 184 Å². The largest absolute Gasteiger partial charge is 0.467 e. The Balaban J connectivity index is 1.70. The van der Waals surface area contributed by atoms with Crippen molar-refractivity contribution in [1.29, 1.82) is 0 Å². The standard InChI is InChI=1S/C24H22N2O4S/c1-14-11-19(13-21-22(27)26(24(29)31-21)16(3)23(28)30-4)15(2)25(14)20-10-9-17-7-5-6-8-18(17)12-20/h5-13,16H,1-4H3/b21-13+/t16-/m1/s1. The van der Waals surface area contributed by atoms with Crippen LogP contribution in [0.25, 0.3) is 22.5 Å². The van der Waals surface area contributed by atoms with Crippen molar-refractivity contribution in [1.82, 2.24) is 9.47 Å². The van der Waals surface area contributed by atoms with Gasteiger partial charge in [-0.05, 0) is 73.1 Å². The van der Waals surface area contributed by atoms with E-state index in [1.54, 1.807) is 6.08 Å². The molecule has 7 heteroatoms. The van der Waals surface area contributed by atoms with Crippen molar-refractivity contribution >= 4 is 45.7 Å². The number of hydrogen-bond acceptors (Lipinski definition) is 5. The van der Waals surface area contributed by atoms with Crippen LogP contribution in [0.15, 0.2) is 53.4 Å². The number of carbonyl (C=O) groups excluding carboxylic acids is 3. The van der Waals surface area contributed by atoms with Crippen LogP contribution < -0.4 is 0 Å². The molecular formula is C24H22N2O4S. The second-order valence-electron chi connectivity index (χ2n) is 7.44. The third kappa shape index (κ3) is 3.65. The molecule has 0 unspecified atom stereocenters. The summed E-state index contributed by atoms with van der Waals surface area (Å²) in [7, 11) is 1.23. The van der Waals surface area contributed by atoms with Crippen molar-refractivity contribution in [3.8, 4) is 5.69 Å². The van der Waals surface area contributed by atoms with E-state index in [1.807, 2.05) is 32.0 Å². The number of aryl methyl sites for hydroxylation is 1. The fourth-order valence-electron chi connectivity index (χ4n) is 3.88. The van der Waals surface area contributed by atoms with Crippen LogP contribution in [0, 0.1) is 13.8 Å². The minimum atomic E-state index is -0.964. The van der Waals surface area contributed by atoms with Gasteiger partial charge in [0.05, 0.1) is 12.0 Å². The average Bonchev–Trinajstić information content (AvgIpc) is 3.20. The summed E-state index contributed by atoms with van der Waals surface area (Å²) in [6.07, 6.45) is 1.72. The Hall–Kier alpha value is -3.32. The van der Waals surface area contributed by atoms with E-state index in [2.05, 4.69) is 39.6 Å². The molecule has 1 aliphatic rings. The summed E-state index contributed by atoms with van der Waals surface area (Å²) in [6, 6.07) is 15.5. The third-order valence-corrected chi connectivity index (χ3v) is 6.38. The van der Waals surface area contributed by atoms with Gasteiger partial charge >= 0.3 is 5.97 Å². The molecule has 0 spiro atoms. The van der Waals surface area contributed by atoms with E-state index in [4.69, 9.17) is 0 Å². The van der Waals surface area contributed by atoms with Crippen LogP contribution >= 0.6 is 11.8 Å². The molecule has 158 valence electrons. The first-order valence-electron chi connectivity index (χ1n) is 9.85. The highest BCUT2D eigenvalue weighted by Crippen LogP contribution is 2.35. The summed E-state index contributed by atoms with van der Waals surface area (Å²) < 4.78 is 6.80. The van der Waals surface area contributed by atoms with Gasteiger partial charge in [0.1, 0.15) is 6.04 Å². The molecule has 2 amide bonds. The molecule has 0 N–H and O–H groups in total. The number of ether oxygens (including phenoxy) is 1. The summed E-state index contributed by atoms with van der Waals surface area (Å²) in [5, 5.41) is 1.84. The molecule has 1 atom stereocenters. The number of benzene rings is 2. The molecule has 0 saturated carbocycles. The van der Waals surface area contributed by atoms with Gasteiger partial charge in [-0.3, -0.25) is 14.5 Å². The van der Waals surface area contributed by atoms with Gasteiger partial charge in [-0.25, -0.2) is 4.79 Å². The average molecular weight is 435 g/mol. The molecule has 2 heterocycles. The molecule has 1 aliphatic heterocycles. The molecule has 0 bridgehead atoms. The Morgan fingerprint density at radius 1 is 1.06 bits per heavy atom. The van der Waals surface area contributed by atoms with E-state index < -0.39 is 23.2 Å². The number of rotatable bonds is 4. The summed E-state index contributed by atoms with van der Waals surface area (Å²) >= 11 is 0.836. The van der Waals surface area contributed by atoms with Crippen molar-refractivity contribution in [2.24, 2.45) is 0 Å². The molecule has 1 fully saturated rings. The maximum absolute atomic E-state index is 12.8. The van der Waals surface area contributed by atoms with Gasteiger partial charge in [-0.15, -0.1) is 0 Å². The van der Waals surface area contributed by atoms with Gasteiger partial charge in [-0.2, -0.15) is 0 Å². The molecule has 4 rings (SSSR count). The number of hydrogen-bond donors (Lipinski definition) is 0. The topological polar surface area (TPSA) is 68.6 Å². The van der Waals surface area contributed by atoms with E-state index in [9.17, 15) is 14.4 Å². The van der Waals surface area contributed by atoms with Crippen LogP contribution in [0.5, 0.6) is 0 Å². The lowest BCUT2D eigenvalue weighted by Crippen LogP contribution is -2.42. The number of amides is 2. The fraction of sp³-hybridized carbons (Fsp3) is 0.208. The second-order valence-corrected chi connectivity index (χ2v) is 8.44. The van der Waals surface area contributed by atoms with Gasteiger partial charge < -0.3 is 9.30 Å². The van der Waals surface area contributed by atoms with Crippen molar-refractivity contribution in [2.75, 3.05) is 7.11 Å². The van der Waals surface area contributed by atoms with Gasteiger partial charge in [0.2, 0.25) is 0 Å². The van der Waals surface area contributed by atoms with Crippen LogP contribution in [0.1, 0.15) is 23.9 Å². The van der Waals surface area contributed by atoms with Crippen LogP contribution in [0.4, 0.5) is 4.79 Å². The number of fused-ring (bicyclic) bond motifs is 1. The van der Waals surface area contributed by atoms with E-state index in [1.165, 1.54) is 19.4 Å². The van der Waals surface area contributed by atoms with Crippen LogP contribution in [0.2, 0.25) is 0 Å². The fourth-order valence-corrected chi connectivity index (χ4v) is 4.78. The second kappa shape index (κ2) is 8.07. The summed E-state index contributed by atoms with van der Waals surface area (Å²) in [6.45, 7) is 5.47. The van der Waals surface area contributed by atoms with Crippen molar-refractivity contribution < 1.29 is 19.1 Å². The SMILES string of the molecule is COC(=O)[C@@H](C)N1C(=O)S/C(=C/c2cc(C)n(-c3ccc4ccccc4c3)c2C)C1=O. The molecule has 31 heavy (non-hydrogen) atoms. The normalized spacial score (nSPS) is 16.4. The first kappa shape index (κ1) is 20.9. The quantitative estimate of drug-likeness (QED) is 0.434. The number of methoxy groups -OCH3 is 1. The van der Waals surface area contributed by atoms with E-state index in [-0.39, 0.29) is 0 Å². The lowest BCUT2D eigenvalue weighted by molar-refractivity contribution is -0.148. The van der Waals surface area contributed by atoms with E-state index in [0.29, 0.717) is 4.91 Å². The lowest BCUT2D eigenvalue weighted by atomic mass is 10.1. The summed E-state index contributed by atoms with van der Waals surface area (Å²) in [5.74, 6) is -1.11. The predicted octanol–water partition coefficient (Wildman–Crippen LogP) is 4.85. The Kier molecular flexibility index (Phi) is 5.45. The Morgan fingerprint density at radius 3 is 2.48 bits per heavy atom. The smallest absolute Gasteiger partial charge is 0.328 e. The number of nitrogens with zero attached hydrogens (tertiary/aromatic N) is 2. The van der Waals surface area contributed by atoms with Gasteiger partial charge in [-0.1, -0.05) is 30.3 Å². The van der Waals surface area contributed by atoms with E-state index in [0.717, 1.165) is 44.7 Å². The molecule has 1 saturated heterocycles.